The van der Waals surface area contributed by atoms with Crippen molar-refractivity contribution in [3.8, 4) is 0 Å². The molecule has 1 saturated heterocycles. The SMILES string of the molecule is Cc1cccc(CN(Cc2ccccc2)C(=O)C2CC(=O)N(C3CC3)C2)n1. The topological polar surface area (TPSA) is 53.5 Å². The average Bonchev–Trinajstić information content (AvgIpc) is 3.43. The molecule has 5 nitrogen and oxygen atoms in total. The van der Waals surface area contributed by atoms with Crippen molar-refractivity contribution < 1.29 is 9.59 Å². The number of benzene rings is 1. The van der Waals surface area contributed by atoms with E-state index in [2.05, 4.69) is 4.98 Å². The second kappa shape index (κ2) is 7.51. The van der Waals surface area contributed by atoms with E-state index in [9.17, 15) is 9.59 Å². The monoisotopic (exact) mass is 363 g/mol. The molecule has 2 fully saturated rings. The van der Waals surface area contributed by atoms with E-state index in [0.717, 1.165) is 29.8 Å². The van der Waals surface area contributed by atoms with Gasteiger partial charge in [-0.3, -0.25) is 14.6 Å². The molecule has 1 aliphatic heterocycles. The lowest BCUT2D eigenvalue weighted by Gasteiger charge is -2.26. The van der Waals surface area contributed by atoms with E-state index in [1.165, 1.54) is 0 Å². The largest absolute Gasteiger partial charge is 0.339 e. The van der Waals surface area contributed by atoms with Crippen LogP contribution in [-0.4, -0.2) is 39.2 Å². The number of amides is 2. The van der Waals surface area contributed by atoms with Crippen molar-refractivity contribution in [3.63, 3.8) is 0 Å². The van der Waals surface area contributed by atoms with Gasteiger partial charge in [0.05, 0.1) is 18.2 Å². The third-order valence-electron chi connectivity index (χ3n) is 5.32. The van der Waals surface area contributed by atoms with Crippen LogP contribution in [0.4, 0.5) is 0 Å². The maximum atomic E-state index is 13.3. The number of aryl methyl sites for hydroxylation is 1. The summed E-state index contributed by atoms with van der Waals surface area (Å²) in [4.78, 5) is 33.9. The number of likely N-dealkylation sites (tertiary alicyclic amines) is 1. The highest BCUT2D eigenvalue weighted by Gasteiger charge is 2.42. The number of carbonyl (C=O) groups excluding carboxylic acids is 2. The van der Waals surface area contributed by atoms with Gasteiger partial charge in [-0.15, -0.1) is 0 Å². The van der Waals surface area contributed by atoms with Crippen LogP contribution < -0.4 is 0 Å². The number of hydrogen-bond donors (Lipinski definition) is 0. The Morgan fingerprint density at radius 1 is 1.11 bits per heavy atom. The number of aromatic nitrogens is 1. The Morgan fingerprint density at radius 3 is 2.59 bits per heavy atom. The highest BCUT2D eigenvalue weighted by atomic mass is 16.2. The maximum Gasteiger partial charge on any atom is 0.228 e. The Hall–Kier alpha value is -2.69. The smallest absolute Gasteiger partial charge is 0.228 e. The van der Waals surface area contributed by atoms with E-state index < -0.39 is 0 Å². The van der Waals surface area contributed by atoms with Crippen molar-refractivity contribution in [2.24, 2.45) is 5.92 Å². The van der Waals surface area contributed by atoms with E-state index in [1.54, 1.807) is 0 Å². The lowest BCUT2D eigenvalue weighted by atomic mass is 10.1. The molecule has 27 heavy (non-hydrogen) atoms. The normalized spacial score (nSPS) is 19.4. The van der Waals surface area contributed by atoms with Crippen molar-refractivity contribution in [1.82, 2.24) is 14.8 Å². The van der Waals surface area contributed by atoms with Crippen molar-refractivity contribution in [3.05, 3.63) is 65.5 Å². The van der Waals surface area contributed by atoms with Gasteiger partial charge >= 0.3 is 0 Å². The van der Waals surface area contributed by atoms with Crippen LogP contribution in [0.25, 0.3) is 0 Å². The van der Waals surface area contributed by atoms with E-state index in [4.69, 9.17) is 0 Å². The predicted octanol–water partition coefficient (Wildman–Crippen LogP) is 2.93. The van der Waals surface area contributed by atoms with Crippen LogP contribution in [0.5, 0.6) is 0 Å². The number of pyridine rings is 1. The number of rotatable bonds is 6. The molecule has 1 aromatic heterocycles. The van der Waals surface area contributed by atoms with Gasteiger partial charge in [0.15, 0.2) is 0 Å². The minimum absolute atomic E-state index is 0.0543. The summed E-state index contributed by atoms with van der Waals surface area (Å²) >= 11 is 0. The molecule has 2 aliphatic rings. The first-order chi connectivity index (χ1) is 13.1. The van der Waals surface area contributed by atoms with Crippen molar-refractivity contribution in [1.29, 1.82) is 0 Å². The van der Waals surface area contributed by atoms with Crippen LogP contribution >= 0.6 is 0 Å². The zero-order valence-corrected chi connectivity index (χ0v) is 15.7. The maximum absolute atomic E-state index is 13.3. The standard InChI is InChI=1S/C22H25N3O2/c1-16-6-5-9-19(23-16)15-24(13-17-7-3-2-4-8-17)22(27)18-12-21(26)25(14-18)20-10-11-20/h2-9,18,20H,10-15H2,1H3. The highest BCUT2D eigenvalue weighted by Crippen LogP contribution is 2.33. The van der Waals surface area contributed by atoms with Gasteiger partial charge in [-0.05, 0) is 37.5 Å². The average molecular weight is 363 g/mol. The minimum Gasteiger partial charge on any atom is -0.339 e. The molecule has 0 bridgehead atoms. The van der Waals surface area contributed by atoms with Gasteiger partial charge in [-0.1, -0.05) is 36.4 Å². The Kier molecular flexibility index (Phi) is 4.92. The zero-order chi connectivity index (χ0) is 18.8. The summed E-state index contributed by atoms with van der Waals surface area (Å²) in [5, 5.41) is 0. The Morgan fingerprint density at radius 2 is 1.89 bits per heavy atom. The fourth-order valence-electron chi connectivity index (χ4n) is 3.79. The van der Waals surface area contributed by atoms with Crippen molar-refractivity contribution in [2.45, 2.75) is 45.3 Å². The summed E-state index contributed by atoms with van der Waals surface area (Å²) in [7, 11) is 0. The molecule has 5 heteroatoms. The quantitative estimate of drug-likeness (QED) is 0.793. The molecule has 1 saturated carbocycles. The molecule has 2 amide bonds. The second-order valence-electron chi connectivity index (χ2n) is 7.63. The van der Waals surface area contributed by atoms with E-state index in [1.807, 2.05) is 65.3 Å². The fourth-order valence-corrected chi connectivity index (χ4v) is 3.79. The molecule has 1 unspecified atom stereocenters. The summed E-state index contributed by atoms with van der Waals surface area (Å²) in [6, 6.07) is 16.2. The summed E-state index contributed by atoms with van der Waals surface area (Å²) in [5.74, 6) is -0.0607. The summed E-state index contributed by atoms with van der Waals surface area (Å²) < 4.78 is 0. The number of hydrogen-bond acceptors (Lipinski definition) is 3. The molecule has 0 spiro atoms. The zero-order valence-electron chi connectivity index (χ0n) is 15.7. The number of nitrogens with zero attached hydrogens (tertiary/aromatic N) is 3. The molecule has 0 radical (unpaired) electrons. The Balaban J connectivity index is 1.53. The Labute approximate surface area is 160 Å². The minimum atomic E-state index is -0.244. The van der Waals surface area contributed by atoms with E-state index >= 15 is 0 Å². The van der Waals surface area contributed by atoms with Crippen LogP contribution in [0.2, 0.25) is 0 Å². The molecule has 2 aromatic rings. The molecular weight excluding hydrogens is 338 g/mol. The van der Waals surface area contributed by atoms with E-state index in [0.29, 0.717) is 32.1 Å². The first kappa shape index (κ1) is 17.7. The van der Waals surface area contributed by atoms with Crippen LogP contribution in [0.15, 0.2) is 48.5 Å². The van der Waals surface area contributed by atoms with Gasteiger partial charge < -0.3 is 9.80 Å². The molecule has 0 N–H and O–H groups in total. The lowest BCUT2D eigenvalue weighted by Crippen LogP contribution is -2.37. The summed E-state index contributed by atoms with van der Waals surface area (Å²) in [6.45, 7) is 3.51. The highest BCUT2D eigenvalue weighted by molar-refractivity contribution is 5.89. The molecule has 1 atom stereocenters. The van der Waals surface area contributed by atoms with E-state index in [-0.39, 0.29) is 17.7 Å². The van der Waals surface area contributed by atoms with Gasteiger partial charge in [-0.2, -0.15) is 0 Å². The molecule has 1 aromatic carbocycles. The van der Waals surface area contributed by atoms with Gasteiger partial charge in [-0.25, -0.2) is 0 Å². The molecular formula is C22H25N3O2. The fraction of sp³-hybridized carbons (Fsp3) is 0.409. The van der Waals surface area contributed by atoms with Gasteiger partial charge in [0.25, 0.3) is 0 Å². The van der Waals surface area contributed by atoms with Crippen LogP contribution in [-0.2, 0) is 22.7 Å². The van der Waals surface area contributed by atoms with Crippen LogP contribution in [0, 0.1) is 12.8 Å². The molecule has 140 valence electrons. The van der Waals surface area contributed by atoms with Crippen molar-refractivity contribution in [2.75, 3.05) is 6.54 Å². The second-order valence-corrected chi connectivity index (χ2v) is 7.63. The van der Waals surface area contributed by atoms with Gasteiger partial charge in [0, 0.05) is 31.2 Å². The predicted molar refractivity (Wildman–Crippen MR) is 103 cm³/mol. The third-order valence-corrected chi connectivity index (χ3v) is 5.32. The van der Waals surface area contributed by atoms with Crippen LogP contribution in [0.3, 0.4) is 0 Å². The third kappa shape index (κ3) is 4.18. The van der Waals surface area contributed by atoms with Gasteiger partial charge in [0.2, 0.25) is 11.8 Å². The molecule has 1 aliphatic carbocycles. The van der Waals surface area contributed by atoms with Gasteiger partial charge in [0.1, 0.15) is 0 Å². The number of carbonyl (C=O) groups is 2. The first-order valence-electron chi connectivity index (χ1n) is 9.65. The summed E-state index contributed by atoms with van der Waals surface area (Å²) in [6.07, 6.45) is 2.49. The Bertz CT molecular complexity index is 832. The molecule has 2 heterocycles. The molecule has 4 rings (SSSR count). The van der Waals surface area contributed by atoms with Crippen molar-refractivity contribution >= 4 is 11.8 Å². The first-order valence-corrected chi connectivity index (χ1v) is 9.65. The lowest BCUT2D eigenvalue weighted by molar-refractivity contribution is -0.137. The summed E-state index contributed by atoms with van der Waals surface area (Å²) in [5.41, 5.74) is 2.90. The van der Waals surface area contributed by atoms with Crippen LogP contribution in [0.1, 0.15) is 36.2 Å².